The summed E-state index contributed by atoms with van der Waals surface area (Å²) in [6.45, 7) is 2.13. The number of esters is 1. The third-order valence-electron chi connectivity index (χ3n) is 5.01. The van der Waals surface area contributed by atoms with Gasteiger partial charge in [0.05, 0.1) is 24.4 Å². The molecule has 1 fully saturated rings. The van der Waals surface area contributed by atoms with Gasteiger partial charge in [-0.3, -0.25) is 9.78 Å². The molecule has 2 aromatic heterocycles. The molecule has 3 aromatic rings. The maximum absolute atomic E-state index is 12.3. The molecule has 1 aromatic carbocycles. The van der Waals surface area contributed by atoms with Gasteiger partial charge in [-0.25, -0.2) is 0 Å². The van der Waals surface area contributed by atoms with Gasteiger partial charge < -0.3 is 24.6 Å². The van der Waals surface area contributed by atoms with Gasteiger partial charge in [0.2, 0.25) is 0 Å². The first-order chi connectivity index (χ1) is 14.6. The van der Waals surface area contributed by atoms with Crippen molar-refractivity contribution in [3.63, 3.8) is 0 Å². The quantitative estimate of drug-likeness (QED) is 0.467. The van der Waals surface area contributed by atoms with Crippen molar-refractivity contribution in [3.05, 3.63) is 78.4 Å². The van der Waals surface area contributed by atoms with E-state index in [4.69, 9.17) is 17.0 Å². The van der Waals surface area contributed by atoms with Gasteiger partial charge in [-0.2, -0.15) is 0 Å². The number of aromatic hydroxyl groups is 1. The minimum absolute atomic E-state index is 0.0361. The van der Waals surface area contributed by atoms with Crippen molar-refractivity contribution in [1.29, 1.82) is 0 Å². The molecule has 4 rings (SSSR count). The van der Waals surface area contributed by atoms with E-state index in [2.05, 4.69) is 10.3 Å². The number of phenols is 1. The number of hydrogen-bond donors (Lipinski definition) is 2. The van der Waals surface area contributed by atoms with Crippen molar-refractivity contribution in [2.45, 2.75) is 19.0 Å². The molecule has 0 amide bonds. The van der Waals surface area contributed by atoms with E-state index in [0.29, 0.717) is 11.7 Å². The van der Waals surface area contributed by atoms with Crippen molar-refractivity contribution < 1.29 is 14.6 Å². The molecule has 2 N–H and O–H groups in total. The summed E-state index contributed by atoms with van der Waals surface area (Å²) in [5.74, 6) is -0.137. The number of nitrogens with zero attached hydrogens (tertiary/aromatic N) is 3. The topological polar surface area (TPSA) is 79.6 Å². The molecule has 0 aliphatic carbocycles. The third-order valence-corrected chi connectivity index (χ3v) is 5.37. The van der Waals surface area contributed by atoms with Gasteiger partial charge in [-0.05, 0) is 67.7 Å². The van der Waals surface area contributed by atoms with Crippen LogP contribution in [-0.4, -0.2) is 43.8 Å². The van der Waals surface area contributed by atoms with Gasteiger partial charge >= 0.3 is 5.97 Å². The Labute approximate surface area is 179 Å². The standard InChI is InChI=1S/C22H22N4O3S/c1-2-29-19(28)14-26-21(20(24-22(26)30)17-6-3-4-12-23-17)18-7-5-13-25(18)15-8-10-16(27)11-9-15/h3-13,20-21,27H,2,14H2,1H3,(H,24,30)/t20-,21+/m0/s1. The van der Waals surface area contributed by atoms with Gasteiger partial charge in [0.25, 0.3) is 0 Å². The van der Waals surface area contributed by atoms with Crippen LogP contribution in [-0.2, 0) is 9.53 Å². The van der Waals surface area contributed by atoms with Crippen LogP contribution in [0.1, 0.15) is 30.4 Å². The zero-order valence-corrected chi connectivity index (χ0v) is 17.2. The fourth-order valence-electron chi connectivity index (χ4n) is 3.73. The molecule has 7 nitrogen and oxygen atoms in total. The van der Waals surface area contributed by atoms with Crippen LogP contribution in [0.3, 0.4) is 0 Å². The van der Waals surface area contributed by atoms with Crippen LogP contribution in [0, 0.1) is 0 Å². The van der Waals surface area contributed by atoms with Gasteiger partial charge in [0.15, 0.2) is 5.11 Å². The molecule has 0 bridgehead atoms. The lowest BCUT2D eigenvalue weighted by atomic mass is 10.0. The number of hydrogen-bond acceptors (Lipinski definition) is 5. The third kappa shape index (κ3) is 3.86. The Morgan fingerprint density at radius 1 is 1.20 bits per heavy atom. The van der Waals surface area contributed by atoms with Crippen LogP contribution in [0.15, 0.2) is 67.0 Å². The number of aromatic nitrogens is 2. The molecule has 0 unspecified atom stereocenters. The lowest BCUT2D eigenvalue weighted by Crippen LogP contribution is -2.36. The van der Waals surface area contributed by atoms with E-state index in [0.717, 1.165) is 17.1 Å². The Bertz CT molecular complexity index is 1040. The van der Waals surface area contributed by atoms with E-state index in [-0.39, 0.29) is 30.3 Å². The molecule has 0 saturated carbocycles. The fraction of sp³-hybridized carbons (Fsp3) is 0.227. The summed E-state index contributed by atoms with van der Waals surface area (Å²) >= 11 is 5.59. The highest BCUT2D eigenvalue weighted by atomic mass is 32.1. The number of carbonyl (C=O) groups is 1. The average molecular weight is 423 g/mol. The molecule has 30 heavy (non-hydrogen) atoms. The van der Waals surface area contributed by atoms with E-state index in [1.807, 2.05) is 58.1 Å². The zero-order chi connectivity index (χ0) is 21.1. The van der Waals surface area contributed by atoms with Gasteiger partial charge in [-0.15, -0.1) is 0 Å². The van der Waals surface area contributed by atoms with E-state index < -0.39 is 0 Å². The van der Waals surface area contributed by atoms with Crippen LogP contribution in [0.4, 0.5) is 0 Å². The van der Waals surface area contributed by atoms with Crippen LogP contribution < -0.4 is 5.32 Å². The van der Waals surface area contributed by atoms with Gasteiger partial charge in [-0.1, -0.05) is 6.07 Å². The monoisotopic (exact) mass is 422 g/mol. The van der Waals surface area contributed by atoms with Crippen LogP contribution in [0.5, 0.6) is 5.75 Å². The van der Waals surface area contributed by atoms with Crippen LogP contribution in [0.2, 0.25) is 0 Å². The summed E-state index contributed by atoms with van der Waals surface area (Å²) in [6, 6.07) is 16.1. The SMILES string of the molecule is CCOC(=O)CN1C(=S)N[C@@H](c2ccccn2)[C@H]1c1cccn1-c1ccc(O)cc1. The summed E-state index contributed by atoms with van der Waals surface area (Å²) in [5.41, 5.74) is 2.66. The minimum Gasteiger partial charge on any atom is -0.508 e. The van der Waals surface area contributed by atoms with Crippen molar-refractivity contribution >= 4 is 23.3 Å². The second-order valence-corrected chi connectivity index (χ2v) is 7.27. The number of benzene rings is 1. The highest BCUT2D eigenvalue weighted by Gasteiger charge is 2.42. The normalized spacial score (nSPS) is 18.3. The molecule has 8 heteroatoms. The van der Waals surface area contributed by atoms with Crippen molar-refractivity contribution in [1.82, 2.24) is 19.8 Å². The van der Waals surface area contributed by atoms with E-state index >= 15 is 0 Å². The lowest BCUT2D eigenvalue weighted by Gasteiger charge is -2.28. The first-order valence-electron chi connectivity index (χ1n) is 9.69. The second kappa shape index (κ2) is 8.54. The number of nitrogens with one attached hydrogen (secondary N) is 1. The number of carbonyl (C=O) groups excluding carboxylic acids is 1. The number of pyridine rings is 1. The zero-order valence-electron chi connectivity index (χ0n) is 16.4. The van der Waals surface area contributed by atoms with E-state index in [9.17, 15) is 9.90 Å². The Morgan fingerprint density at radius 2 is 2.00 bits per heavy atom. The molecule has 154 valence electrons. The van der Waals surface area contributed by atoms with Crippen molar-refractivity contribution in [2.75, 3.05) is 13.2 Å². The number of phenolic OH excluding ortho intramolecular Hbond substituents is 1. The fourth-order valence-corrected chi connectivity index (χ4v) is 4.03. The van der Waals surface area contributed by atoms with Crippen LogP contribution in [0.25, 0.3) is 5.69 Å². The number of thiocarbonyl (C=S) groups is 1. The van der Waals surface area contributed by atoms with E-state index in [1.54, 1.807) is 25.3 Å². The molecule has 1 aliphatic rings. The smallest absolute Gasteiger partial charge is 0.325 e. The largest absolute Gasteiger partial charge is 0.508 e. The lowest BCUT2D eigenvalue weighted by molar-refractivity contribution is -0.143. The number of ether oxygens (including phenoxy) is 1. The summed E-state index contributed by atoms with van der Waals surface area (Å²) in [4.78, 5) is 18.7. The molecule has 0 spiro atoms. The highest BCUT2D eigenvalue weighted by molar-refractivity contribution is 7.80. The highest BCUT2D eigenvalue weighted by Crippen LogP contribution is 2.39. The Hall–Kier alpha value is -3.39. The van der Waals surface area contributed by atoms with E-state index in [1.165, 1.54) is 0 Å². The van der Waals surface area contributed by atoms with Crippen LogP contribution >= 0.6 is 12.2 Å². The predicted molar refractivity (Wildman–Crippen MR) is 116 cm³/mol. The number of rotatable bonds is 6. The molecule has 2 atom stereocenters. The summed E-state index contributed by atoms with van der Waals surface area (Å²) in [5, 5.41) is 13.4. The molecule has 1 aliphatic heterocycles. The molecule has 1 saturated heterocycles. The molecular weight excluding hydrogens is 400 g/mol. The maximum Gasteiger partial charge on any atom is 0.325 e. The maximum atomic E-state index is 12.3. The van der Waals surface area contributed by atoms with Gasteiger partial charge in [0.1, 0.15) is 12.3 Å². The summed E-state index contributed by atoms with van der Waals surface area (Å²) in [6.07, 6.45) is 3.69. The molecule has 3 heterocycles. The summed E-state index contributed by atoms with van der Waals surface area (Å²) < 4.78 is 7.19. The summed E-state index contributed by atoms with van der Waals surface area (Å²) in [7, 11) is 0. The average Bonchev–Trinajstić information content (AvgIpc) is 3.34. The minimum atomic E-state index is -0.337. The second-order valence-electron chi connectivity index (χ2n) is 6.88. The first-order valence-corrected chi connectivity index (χ1v) is 10.1. The molecule has 0 radical (unpaired) electrons. The Balaban J connectivity index is 1.77. The molecular formula is C22H22N4O3S. The van der Waals surface area contributed by atoms with Crippen molar-refractivity contribution in [3.8, 4) is 11.4 Å². The predicted octanol–water partition coefficient (Wildman–Crippen LogP) is 3.11. The van der Waals surface area contributed by atoms with Gasteiger partial charge in [0, 0.05) is 23.8 Å². The first kappa shape index (κ1) is 19.9. The van der Waals surface area contributed by atoms with Crippen molar-refractivity contribution in [2.24, 2.45) is 0 Å². The Kier molecular flexibility index (Phi) is 5.67. The Morgan fingerprint density at radius 3 is 2.70 bits per heavy atom.